The van der Waals surface area contributed by atoms with Gasteiger partial charge >= 0.3 is 0 Å². The molecule has 3 rings (SSSR count). The molecular weight excluding hydrogens is 392 g/mol. The molecule has 0 bridgehead atoms. The van der Waals surface area contributed by atoms with Crippen molar-refractivity contribution in [3.8, 4) is 11.5 Å². The third-order valence-electron chi connectivity index (χ3n) is 5.04. The maximum Gasteiger partial charge on any atom is 0.251 e. The number of hydrogen-bond acceptors (Lipinski definition) is 5. The van der Waals surface area contributed by atoms with Crippen molar-refractivity contribution in [3.63, 3.8) is 0 Å². The highest BCUT2D eigenvalue weighted by molar-refractivity contribution is 7.92. The monoisotopic (exact) mass is 418 g/mol. The van der Waals surface area contributed by atoms with E-state index < -0.39 is 10.0 Å². The summed E-state index contributed by atoms with van der Waals surface area (Å²) in [5.41, 5.74) is 2.52. The van der Waals surface area contributed by atoms with Gasteiger partial charge in [-0.3, -0.25) is 9.10 Å². The van der Waals surface area contributed by atoms with Gasteiger partial charge in [0.25, 0.3) is 5.91 Å². The van der Waals surface area contributed by atoms with Gasteiger partial charge in [0.2, 0.25) is 10.0 Å². The van der Waals surface area contributed by atoms with E-state index in [0.717, 1.165) is 17.5 Å². The number of amides is 1. The van der Waals surface area contributed by atoms with Crippen LogP contribution < -0.4 is 19.1 Å². The highest BCUT2D eigenvalue weighted by atomic mass is 32.2. The fraction of sp³-hybridized carbons (Fsp3) is 0.381. The second-order valence-electron chi connectivity index (χ2n) is 6.92. The molecule has 0 atom stereocenters. The standard InChI is InChI=1S/C21H26N2O5S/c1-15-9-10-16(13-18(15)23-11-4-5-12-29(23,25)26)21(24)22-14-17-19(27-2)7-6-8-20(17)28-3/h6-10,13H,4-5,11-12,14H2,1-3H3,(H,22,24). The molecule has 1 aliphatic heterocycles. The second kappa shape index (κ2) is 8.73. The van der Waals surface area contributed by atoms with Crippen LogP contribution in [0.2, 0.25) is 0 Å². The van der Waals surface area contributed by atoms with Crippen molar-refractivity contribution >= 4 is 21.6 Å². The lowest BCUT2D eigenvalue weighted by Crippen LogP contribution is -2.38. The summed E-state index contributed by atoms with van der Waals surface area (Å²) < 4.78 is 37.1. The van der Waals surface area contributed by atoms with Gasteiger partial charge in [0.1, 0.15) is 11.5 Å². The molecule has 7 nitrogen and oxygen atoms in total. The molecule has 1 aliphatic rings. The third kappa shape index (κ3) is 4.48. The Hall–Kier alpha value is -2.74. The van der Waals surface area contributed by atoms with Crippen molar-refractivity contribution in [2.24, 2.45) is 0 Å². The number of carbonyl (C=O) groups excluding carboxylic acids is 1. The Balaban J connectivity index is 1.83. The number of sulfonamides is 1. The summed E-state index contributed by atoms with van der Waals surface area (Å²) in [4.78, 5) is 12.8. The molecule has 0 unspecified atom stereocenters. The molecule has 0 saturated carbocycles. The molecule has 0 aliphatic carbocycles. The molecule has 8 heteroatoms. The summed E-state index contributed by atoms with van der Waals surface area (Å²) in [7, 11) is -0.224. The first-order valence-electron chi connectivity index (χ1n) is 9.46. The first-order chi connectivity index (χ1) is 13.9. The smallest absolute Gasteiger partial charge is 0.251 e. The number of hydrogen-bond donors (Lipinski definition) is 1. The second-order valence-corrected chi connectivity index (χ2v) is 8.93. The fourth-order valence-electron chi connectivity index (χ4n) is 3.45. The van der Waals surface area contributed by atoms with E-state index in [1.807, 2.05) is 13.0 Å². The topological polar surface area (TPSA) is 84.9 Å². The van der Waals surface area contributed by atoms with Crippen molar-refractivity contribution in [3.05, 3.63) is 53.1 Å². The van der Waals surface area contributed by atoms with Crippen LogP contribution in [0.5, 0.6) is 11.5 Å². The van der Waals surface area contributed by atoms with Gasteiger partial charge in [0.05, 0.1) is 37.8 Å². The van der Waals surface area contributed by atoms with Crippen molar-refractivity contribution < 1.29 is 22.7 Å². The van der Waals surface area contributed by atoms with E-state index in [0.29, 0.717) is 35.7 Å². The molecule has 1 heterocycles. The van der Waals surface area contributed by atoms with Crippen molar-refractivity contribution in [2.45, 2.75) is 26.3 Å². The molecule has 0 radical (unpaired) electrons. The van der Waals surface area contributed by atoms with Gasteiger partial charge in [-0.25, -0.2) is 8.42 Å². The van der Waals surface area contributed by atoms with E-state index in [9.17, 15) is 13.2 Å². The zero-order valence-corrected chi connectivity index (χ0v) is 17.7. The summed E-state index contributed by atoms with van der Waals surface area (Å²) in [5.74, 6) is 1.08. The molecule has 0 aromatic heterocycles. The number of benzene rings is 2. The molecule has 29 heavy (non-hydrogen) atoms. The van der Waals surface area contributed by atoms with Gasteiger partial charge in [-0.15, -0.1) is 0 Å². The Morgan fingerprint density at radius 2 is 1.79 bits per heavy atom. The first kappa shape index (κ1) is 21.0. The highest BCUT2D eigenvalue weighted by Crippen LogP contribution is 2.29. The van der Waals surface area contributed by atoms with Gasteiger partial charge in [-0.05, 0) is 49.6 Å². The summed E-state index contributed by atoms with van der Waals surface area (Å²) in [6.45, 7) is 2.50. The van der Waals surface area contributed by atoms with Crippen molar-refractivity contribution in [2.75, 3.05) is 30.8 Å². The number of nitrogens with zero attached hydrogens (tertiary/aromatic N) is 1. The minimum Gasteiger partial charge on any atom is -0.496 e. The van der Waals surface area contributed by atoms with Gasteiger partial charge in [0, 0.05) is 12.1 Å². The minimum atomic E-state index is -3.35. The van der Waals surface area contributed by atoms with Gasteiger partial charge in [-0.1, -0.05) is 12.1 Å². The van der Waals surface area contributed by atoms with Crippen LogP contribution in [0, 0.1) is 6.92 Å². The Morgan fingerprint density at radius 1 is 1.10 bits per heavy atom. The van der Waals surface area contributed by atoms with Crippen molar-refractivity contribution in [1.29, 1.82) is 0 Å². The Labute approximate surface area is 171 Å². The Bertz CT molecular complexity index is 982. The molecular formula is C21H26N2O5S. The van der Waals surface area contributed by atoms with Gasteiger partial charge < -0.3 is 14.8 Å². The number of rotatable bonds is 6. The summed E-state index contributed by atoms with van der Waals surface area (Å²) in [6.07, 6.45) is 1.47. The van der Waals surface area contributed by atoms with Crippen LogP contribution in [-0.4, -0.2) is 40.8 Å². The van der Waals surface area contributed by atoms with Gasteiger partial charge in [0.15, 0.2) is 0 Å². The number of methoxy groups -OCH3 is 2. The van der Waals surface area contributed by atoms with E-state index in [1.54, 1.807) is 44.6 Å². The molecule has 1 fully saturated rings. The fourth-order valence-corrected chi connectivity index (χ4v) is 5.14. The third-order valence-corrected chi connectivity index (χ3v) is 6.90. The summed E-state index contributed by atoms with van der Waals surface area (Å²) in [5, 5.41) is 2.87. The summed E-state index contributed by atoms with van der Waals surface area (Å²) >= 11 is 0. The molecule has 156 valence electrons. The molecule has 2 aromatic carbocycles. The zero-order valence-electron chi connectivity index (χ0n) is 16.9. The van der Waals surface area contributed by atoms with Crippen molar-refractivity contribution in [1.82, 2.24) is 5.32 Å². The van der Waals surface area contributed by atoms with Crippen LogP contribution in [0.3, 0.4) is 0 Å². The van der Waals surface area contributed by atoms with Crippen LogP contribution >= 0.6 is 0 Å². The molecule has 1 N–H and O–H groups in total. The van der Waals surface area contributed by atoms with Crippen LogP contribution in [0.15, 0.2) is 36.4 Å². The number of aryl methyl sites for hydroxylation is 1. The summed E-state index contributed by atoms with van der Waals surface area (Å²) in [6, 6.07) is 10.5. The quantitative estimate of drug-likeness (QED) is 0.780. The van der Waals surface area contributed by atoms with Crippen LogP contribution in [0.25, 0.3) is 0 Å². The normalized spacial score (nSPS) is 15.6. The van der Waals surface area contributed by atoms with Gasteiger partial charge in [-0.2, -0.15) is 0 Å². The van der Waals surface area contributed by atoms with Crippen LogP contribution in [-0.2, 0) is 16.6 Å². The predicted octanol–water partition coefficient (Wildman–Crippen LogP) is 2.87. The lowest BCUT2D eigenvalue weighted by Gasteiger charge is -2.29. The Morgan fingerprint density at radius 3 is 2.41 bits per heavy atom. The maximum atomic E-state index is 12.8. The molecule has 2 aromatic rings. The average Bonchev–Trinajstić information content (AvgIpc) is 2.72. The van der Waals surface area contributed by atoms with E-state index in [-0.39, 0.29) is 18.2 Å². The molecule has 0 spiro atoms. The number of anilines is 1. The van der Waals surface area contributed by atoms with E-state index in [4.69, 9.17) is 9.47 Å². The zero-order chi connectivity index (χ0) is 21.0. The maximum absolute atomic E-state index is 12.8. The highest BCUT2D eigenvalue weighted by Gasteiger charge is 2.27. The largest absolute Gasteiger partial charge is 0.496 e. The van der Waals surface area contributed by atoms with Crippen LogP contribution in [0.1, 0.15) is 34.3 Å². The predicted molar refractivity (Wildman–Crippen MR) is 112 cm³/mol. The van der Waals surface area contributed by atoms with E-state index in [1.165, 1.54) is 4.31 Å². The lowest BCUT2D eigenvalue weighted by molar-refractivity contribution is 0.0950. The Kier molecular flexibility index (Phi) is 6.32. The van der Waals surface area contributed by atoms with Crippen LogP contribution in [0.4, 0.5) is 5.69 Å². The van der Waals surface area contributed by atoms with E-state index in [2.05, 4.69) is 5.32 Å². The number of ether oxygens (including phenoxy) is 2. The SMILES string of the molecule is COc1cccc(OC)c1CNC(=O)c1ccc(C)c(N2CCCCS2(=O)=O)c1. The lowest BCUT2D eigenvalue weighted by atomic mass is 10.1. The first-order valence-corrected chi connectivity index (χ1v) is 11.1. The van der Waals surface area contributed by atoms with E-state index >= 15 is 0 Å². The number of nitrogens with one attached hydrogen (secondary N) is 1. The molecule has 1 amide bonds. The molecule has 1 saturated heterocycles. The number of carbonyl (C=O) groups is 1. The average molecular weight is 419 g/mol. The minimum absolute atomic E-state index is 0.135.